The second kappa shape index (κ2) is 16.4. The molecule has 2 fully saturated rings. The molecule has 2 aliphatic heterocycles. The molecule has 2 heterocycles. The minimum absolute atomic E-state index is 0.00988. The third kappa shape index (κ3) is 9.89. The Balaban J connectivity index is 0.974. The van der Waals surface area contributed by atoms with Crippen LogP contribution in [0.15, 0.2) is 78.9 Å². The summed E-state index contributed by atoms with van der Waals surface area (Å²) in [5.41, 5.74) is 4.70. The number of ether oxygens (including phenoxy) is 1. The van der Waals surface area contributed by atoms with Crippen LogP contribution in [0.3, 0.4) is 0 Å². The number of anilines is 2. The first kappa shape index (κ1) is 33.2. The highest BCUT2D eigenvalue weighted by Gasteiger charge is 2.26. The monoisotopic (exact) mass is 625 g/mol. The van der Waals surface area contributed by atoms with Gasteiger partial charge in [-0.05, 0) is 81.9 Å². The average molecular weight is 626 g/mol. The Labute approximate surface area is 272 Å². The standard InChI is InChI=1S/C37H47N5O4/c1-27(2)38-36(44)30-16-21-42(22-17-30)26-28-12-14-31(15-13-28)39-35(43)20-25-41-23-18-32(19-24-41)46-37(45)40-34-11-7-6-10-33(34)29-8-4-3-5-9-29/h3-15,27,30,32H,16-26H2,1-2H3,(H,38,44)(H,39,43)(H,40,45). The number of nitrogens with zero attached hydrogens (tertiary/aromatic N) is 2. The van der Waals surface area contributed by atoms with Gasteiger partial charge in [-0.25, -0.2) is 4.79 Å². The van der Waals surface area contributed by atoms with Crippen molar-refractivity contribution in [2.75, 3.05) is 43.4 Å². The normalized spacial score (nSPS) is 16.6. The molecule has 0 spiro atoms. The van der Waals surface area contributed by atoms with Gasteiger partial charge in [-0.2, -0.15) is 0 Å². The first-order chi connectivity index (χ1) is 22.3. The van der Waals surface area contributed by atoms with E-state index in [1.807, 2.05) is 80.6 Å². The van der Waals surface area contributed by atoms with E-state index in [1.54, 1.807) is 0 Å². The molecule has 0 aliphatic carbocycles. The zero-order valence-corrected chi connectivity index (χ0v) is 27.0. The van der Waals surface area contributed by atoms with Crippen LogP contribution in [-0.4, -0.2) is 72.6 Å². The molecule has 9 nitrogen and oxygen atoms in total. The van der Waals surface area contributed by atoms with Crippen LogP contribution in [0.1, 0.15) is 51.5 Å². The number of piperidine rings is 2. The first-order valence-electron chi connectivity index (χ1n) is 16.6. The summed E-state index contributed by atoms with van der Waals surface area (Å²) < 4.78 is 5.75. The third-order valence-corrected chi connectivity index (χ3v) is 8.75. The van der Waals surface area contributed by atoms with E-state index in [4.69, 9.17) is 4.74 Å². The molecule has 0 saturated carbocycles. The number of hydrogen-bond acceptors (Lipinski definition) is 6. The minimum atomic E-state index is -0.442. The predicted octanol–water partition coefficient (Wildman–Crippen LogP) is 6.13. The van der Waals surface area contributed by atoms with Crippen molar-refractivity contribution in [2.45, 2.75) is 64.6 Å². The van der Waals surface area contributed by atoms with E-state index in [0.29, 0.717) is 13.0 Å². The number of benzene rings is 3. The Morgan fingerprint density at radius 2 is 1.43 bits per heavy atom. The van der Waals surface area contributed by atoms with Crippen LogP contribution in [0, 0.1) is 5.92 Å². The fraction of sp³-hybridized carbons (Fsp3) is 0.432. The highest BCUT2D eigenvalue weighted by molar-refractivity contribution is 5.92. The van der Waals surface area contributed by atoms with Crippen LogP contribution in [0.4, 0.5) is 16.2 Å². The number of hydrogen-bond donors (Lipinski definition) is 3. The molecule has 5 rings (SSSR count). The Kier molecular flexibility index (Phi) is 11.8. The van der Waals surface area contributed by atoms with Crippen LogP contribution < -0.4 is 16.0 Å². The smallest absolute Gasteiger partial charge is 0.411 e. The zero-order chi connectivity index (χ0) is 32.3. The van der Waals surface area contributed by atoms with Gasteiger partial charge in [0.1, 0.15) is 6.10 Å². The zero-order valence-electron chi connectivity index (χ0n) is 27.0. The fourth-order valence-electron chi connectivity index (χ4n) is 6.19. The van der Waals surface area contributed by atoms with Crippen molar-refractivity contribution in [3.05, 3.63) is 84.4 Å². The predicted molar refractivity (Wildman–Crippen MR) is 182 cm³/mol. The summed E-state index contributed by atoms with van der Waals surface area (Å²) in [7, 11) is 0. The summed E-state index contributed by atoms with van der Waals surface area (Å²) in [6, 6.07) is 25.9. The number of para-hydroxylation sites is 1. The minimum Gasteiger partial charge on any atom is -0.446 e. The molecule has 9 heteroatoms. The molecule has 2 saturated heterocycles. The van der Waals surface area contributed by atoms with E-state index in [1.165, 1.54) is 5.56 Å². The molecule has 0 radical (unpaired) electrons. The molecule has 2 aliphatic rings. The van der Waals surface area contributed by atoms with Gasteiger partial charge in [0.25, 0.3) is 0 Å². The summed E-state index contributed by atoms with van der Waals surface area (Å²) in [6.45, 7) is 8.88. The van der Waals surface area contributed by atoms with Crippen molar-refractivity contribution >= 4 is 29.3 Å². The lowest BCUT2D eigenvalue weighted by Gasteiger charge is -2.31. The first-order valence-corrected chi connectivity index (χ1v) is 16.6. The molecule has 0 unspecified atom stereocenters. The largest absolute Gasteiger partial charge is 0.446 e. The summed E-state index contributed by atoms with van der Waals surface area (Å²) in [5, 5.41) is 8.97. The number of amides is 3. The van der Waals surface area contributed by atoms with Crippen molar-refractivity contribution < 1.29 is 19.1 Å². The van der Waals surface area contributed by atoms with Gasteiger partial charge in [-0.15, -0.1) is 0 Å². The summed E-state index contributed by atoms with van der Waals surface area (Å²) in [5.74, 6) is 0.274. The highest BCUT2D eigenvalue weighted by Crippen LogP contribution is 2.28. The van der Waals surface area contributed by atoms with Crippen molar-refractivity contribution in [3.63, 3.8) is 0 Å². The third-order valence-electron chi connectivity index (χ3n) is 8.75. The van der Waals surface area contributed by atoms with Gasteiger partial charge in [0.05, 0.1) is 5.69 Å². The maximum atomic E-state index is 12.7. The molecule has 0 bridgehead atoms. The molecule has 46 heavy (non-hydrogen) atoms. The summed E-state index contributed by atoms with van der Waals surface area (Å²) in [4.78, 5) is 42.3. The maximum Gasteiger partial charge on any atom is 0.411 e. The lowest BCUT2D eigenvalue weighted by Crippen LogP contribution is -2.42. The van der Waals surface area contributed by atoms with Crippen molar-refractivity contribution in [3.8, 4) is 11.1 Å². The quantitative estimate of drug-likeness (QED) is 0.237. The van der Waals surface area contributed by atoms with Crippen LogP contribution >= 0.6 is 0 Å². The molecular formula is C37H47N5O4. The SMILES string of the molecule is CC(C)NC(=O)C1CCN(Cc2ccc(NC(=O)CCN3CCC(OC(=O)Nc4ccccc4-c4ccccc4)CC3)cc2)CC1. The lowest BCUT2D eigenvalue weighted by molar-refractivity contribution is -0.127. The van der Waals surface area contributed by atoms with E-state index in [2.05, 4.69) is 37.9 Å². The van der Waals surface area contributed by atoms with E-state index in [0.717, 1.165) is 80.9 Å². The van der Waals surface area contributed by atoms with E-state index >= 15 is 0 Å². The Hall–Kier alpha value is -4.21. The Morgan fingerprint density at radius 3 is 2.13 bits per heavy atom. The number of rotatable bonds is 11. The van der Waals surface area contributed by atoms with Gasteiger partial charge in [0, 0.05) is 55.8 Å². The second-order valence-electron chi connectivity index (χ2n) is 12.7. The van der Waals surface area contributed by atoms with Crippen molar-refractivity contribution in [1.82, 2.24) is 15.1 Å². The van der Waals surface area contributed by atoms with Gasteiger partial charge in [-0.1, -0.05) is 60.7 Å². The van der Waals surface area contributed by atoms with Gasteiger partial charge in [-0.3, -0.25) is 19.8 Å². The molecule has 0 atom stereocenters. The molecule has 3 amide bonds. The summed E-state index contributed by atoms with van der Waals surface area (Å²) >= 11 is 0. The van der Waals surface area contributed by atoms with Crippen LogP contribution in [0.5, 0.6) is 0 Å². The number of likely N-dealkylation sites (tertiary alicyclic amines) is 2. The topological polar surface area (TPSA) is 103 Å². The Bertz CT molecular complexity index is 1430. The van der Waals surface area contributed by atoms with Crippen LogP contribution in [0.25, 0.3) is 11.1 Å². The maximum absolute atomic E-state index is 12.7. The average Bonchev–Trinajstić information content (AvgIpc) is 3.06. The molecule has 0 aromatic heterocycles. The Morgan fingerprint density at radius 1 is 0.783 bits per heavy atom. The molecular weight excluding hydrogens is 578 g/mol. The van der Waals surface area contributed by atoms with Crippen LogP contribution in [0.2, 0.25) is 0 Å². The molecule has 244 valence electrons. The van der Waals surface area contributed by atoms with Gasteiger partial charge in [0.2, 0.25) is 11.8 Å². The van der Waals surface area contributed by atoms with E-state index in [-0.39, 0.29) is 29.9 Å². The number of carbonyl (C=O) groups excluding carboxylic acids is 3. The van der Waals surface area contributed by atoms with E-state index in [9.17, 15) is 14.4 Å². The number of nitrogens with one attached hydrogen (secondary N) is 3. The van der Waals surface area contributed by atoms with Gasteiger partial charge < -0.3 is 20.3 Å². The number of carbonyl (C=O) groups is 3. The molecule has 3 aromatic carbocycles. The second-order valence-corrected chi connectivity index (χ2v) is 12.7. The van der Waals surface area contributed by atoms with Crippen molar-refractivity contribution in [2.24, 2.45) is 5.92 Å². The van der Waals surface area contributed by atoms with Gasteiger partial charge >= 0.3 is 6.09 Å². The fourth-order valence-corrected chi connectivity index (χ4v) is 6.19. The molecule has 3 aromatic rings. The molecule has 3 N–H and O–H groups in total. The lowest BCUT2D eigenvalue weighted by atomic mass is 9.95. The van der Waals surface area contributed by atoms with Gasteiger partial charge in [0.15, 0.2) is 0 Å². The summed E-state index contributed by atoms with van der Waals surface area (Å²) in [6.07, 6.45) is 3.06. The van der Waals surface area contributed by atoms with Crippen LogP contribution in [-0.2, 0) is 20.9 Å². The van der Waals surface area contributed by atoms with Crippen molar-refractivity contribution in [1.29, 1.82) is 0 Å². The van der Waals surface area contributed by atoms with E-state index < -0.39 is 6.09 Å². The highest BCUT2D eigenvalue weighted by atomic mass is 16.6.